The van der Waals surface area contributed by atoms with Crippen molar-refractivity contribution in [2.45, 2.75) is 32.6 Å². The monoisotopic (exact) mass is 258 g/mol. The summed E-state index contributed by atoms with van der Waals surface area (Å²) in [5.41, 5.74) is 0.309. The van der Waals surface area contributed by atoms with Crippen LogP contribution in [0, 0.1) is 33.8 Å². The molecule has 0 amide bonds. The van der Waals surface area contributed by atoms with Crippen LogP contribution in [0.1, 0.15) is 30.4 Å². The number of nitro benzene ring substituents is 1. The van der Waals surface area contributed by atoms with Gasteiger partial charge in [0.15, 0.2) is 5.78 Å². The second kappa shape index (κ2) is 4.81. The molecule has 1 aliphatic rings. The van der Waals surface area contributed by atoms with Crippen molar-refractivity contribution in [3.8, 4) is 6.07 Å². The van der Waals surface area contributed by atoms with Crippen molar-refractivity contribution >= 4 is 11.5 Å². The van der Waals surface area contributed by atoms with Crippen molar-refractivity contribution in [2.75, 3.05) is 0 Å². The SMILES string of the molecule is Cc1c(CC2(C#N)CCCC2=O)cccc1[N+](=O)[O-]. The van der Waals surface area contributed by atoms with Crippen molar-refractivity contribution in [1.29, 1.82) is 5.26 Å². The molecule has 1 aromatic rings. The minimum Gasteiger partial charge on any atom is -0.298 e. The maximum Gasteiger partial charge on any atom is 0.272 e. The van der Waals surface area contributed by atoms with E-state index in [1.165, 1.54) is 6.07 Å². The Bertz CT molecular complexity index is 589. The van der Waals surface area contributed by atoms with Crippen LogP contribution in [0.4, 0.5) is 5.69 Å². The van der Waals surface area contributed by atoms with Gasteiger partial charge in [0, 0.05) is 18.1 Å². The fraction of sp³-hybridized carbons (Fsp3) is 0.429. The summed E-state index contributed by atoms with van der Waals surface area (Å²) < 4.78 is 0. The third-order valence-electron chi connectivity index (χ3n) is 3.86. The number of hydrogen-bond acceptors (Lipinski definition) is 4. The predicted octanol–water partition coefficient (Wildman–Crippen LogP) is 2.71. The number of hydrogen-bond donors (Lipinski definition) is 0. The highest BCUT2D eigenvalue weighted by Gasteiger charge is 2.42. The fourth-order valence-corrected chi connectivity index (χ4v) is 2.66. The van der Waals surface area contributed by atoms with E-state index >= 15 is 0 Å². The van der Waals surface area contributed by atoms with Crippen molar-refractivity contribution in [3.63, 3.8) is 0 Å². The number of nitriles is 1. The lowest BCUT2D eigenvalue weighted by Crippen LogP contribution is -2.26. The van der Waals surface area contributed by atoms with Crippen LogP contribution in [0.25, 0.3) is 0 Å². The van der Waals surface area contributed by atoms with Gasteiger partial charge in [-0.3, -0.25) is 14.9 Å². The molecule has 0 spiro atoms. The standard InChI is InChI=1S/C14H14N2O3/c1-10-11(4-2-5-12(10)16(18)19)8-14(9-15)7-3-6-13(14)17/h2,4-5H,3,6-8H2,1H3. The summed E-state index contributed by atoms with van der Waals surface area (Å²) in [4.78, 5) is 22.4. The van der Waals surface area contributed by atoms with Gasteiger partial charge in [-0.2, -0.15) is 5.26 Å². The number of nitrogens with zero attached hydrogens (tertiary/aromatic N) is 2. The topological polar surface area (TPSA) is 84.0 Å². The Hall–Kier alpha value is -2.22. The third kappa shape index (κ3) is 2.22. The quantitative estimate of drug-likeness (QED) is 0.616. The summed E-state index contributed by atoms with van der Waals surface area (Å²) in [6.45, 7) is 1.66. The summed E-state index contributed by atoms with van der Waals surface area (Å²) >= 11 is 0. The Kier molecular flexibility index (Phi) is 3.34. The van der Waals surface area contributed by atoms with Gasteiger partial charge in [0.2, 0.25) is 0 Å². The molecule has 1 fully saturated rings. The first-order valence-electron chi connectivity index (χ1n) is 6.17. The van der Waals surface area contributed by atoms with E-state index in [4.69, 9.17) is 0 Å². The molecule has 2 rings (SSSR count). The largest absolute Gasteiger partial charge is 0.298 e. The van der Waals surface area contributed by atoms with E-state index in [0.29, 0.717) is 24.0 Å². The molecule has 5 nitrogen and oxygen atoms in total. The first-order chi connectivity index (χ1) is 9.00. The molecule has 0 aromatic heterocycles. The Balaban J connectivity index is 2.39. The van der Waals surface area contributed by atoms with Gasteiger partial charge in [-0.15, -0.1) is 0 Å². The van der Waals surface area contributed by atoms with Crippen LogP contribution in [0.15, 0.2) is 18.2 Å². The number of carbonyl (C=O) groups excluding carboxylic acids is 1. The maximum absolute atomic E-state index is 11.9. The van der Waals surface area contributed by atoms with E-state index in [0.717, 1.165) is 6.42 Å². The molecular formula is C14H14N2O3. The van der Waals surface area contributed by atoms with Gasteiger partial charge in [-0.05, 0) is 31.7 Å². The smallest absolute Gasteiger partial charge is 0.272 e. The van der Waals surface area contributed by atoms with Gasteiger partial charge in [0.25, 0.3) is 5.69 Å². The molecule has 1 aliphatic carbocycles. The van der Waals surface area contributed by atoms with Crippen LogP contribution in [0.2, 0.25) is 0 Å². The van der Waals surface area contributed by atoms with Gasteiger partial charge in [0.1, 0.15) is 5.41 Å². The number of carbonyl (C=O) groups is 1. The average Bonchev–Trinajstić information content (AvgIpc) is 2.73. The maximum atomic E-state index is 11.9. The highest BCUT2D eigenvalue weighted by Crippen LogP contribution is 2.38. The van der Waals surface area contributed by atoms with Crippen LogP contribution in [0.3, 0.4) is 0 Å². The molecule has 0 aliphatic heterocycles. The van der Waals surface area contributed by atoms with Crippen LogP contribution in [-0.4, -0.2) is 10.7 Å². The fourth-order valence-electron chi connectivity index (χ4n) is 2.66. The number of rotatable bonds is 3. The summed E-state index contributed by atoms with van der Waals surface area (Å²) in [6, 6.07) is 6.93. The van der Waals surface area contributed by atoms with Crippen molar-refractivity contribution in [2.24, 2.45) is 5.41 Å². The molecule has 1 aromatic carbocycles. The van der Waals surface area contributed by atoms with Crippen molar-refractivity contribution in [3.05, 3.63) is 39.4 Å². The van der Waals surface area contributed by atoms with E-state index < -0.39 is 10.3 Å². The number of nitro groups is 1. The lowest BCUT2D eigenvalue weighted by atomic mass is 9.79. The molecule has 0 bridgehead atoms. The molecule has 0 radical (unpaired) electrons. The van der Waals surface area contributed by atoms with E-state index in [2.05, 4.69) is 6.07 Å². The van der Waals surface area contributed by atoms with Crippen LogP contribution in [-0.2, 0) is 11.2 Å². The second-order valence-corrected chi connectivity index (χ2v) is 4.97. The summed E-state index contributed by atoms with van der Waals surface area (Å²) in [7, 11) is 0. The Labute approximate surface area is 111 Å². The molecule has 19 heavy (non-hydrogen) atoms. The normalized spacial score (nSPS) is 22.2. The van der Waals surface area contributed by atoms with E-state index in [1.807, 2.05) is 0 Å². The van der Waals surface area contributed by atoms with E-state index in [-0.39, 0.29) is 17.9 Å². The van der Waals surface area contributed by atoms with Gasteiger partial charge < -0.3 is 0 Å². The van der Waals surface area contributed by atoms with Gasteiger partial charge >= 0.3 is 0 Å². The van der Waals surface area contributed by atoms with Crippen LogP contribution in [0.5, 0.6) is 0 Å². The molecule has 5 heteroatoms. The molecule has 0 saturated heterocycles. The molecule has 1 unspecified atom stereocenters. The minimum absolute atomic E-state index is 0.0380. The van der Waals surface area contributed by atoms with Gasteiger partial charge in [-0.25, -0.2) is 0 Å². The number of ketones is 1. The molecule has 1 saturated carbocycles. The van der Waals surface area contributed by atoms with E-state index in [9.17, 15) is 20.2 Å². The first kappa shape index (κ1) is 13.2. The van der Waals surface area contributed by atoms with Gasteiger partial charge in [-0.1, -0.05) is 12.1 Å². The van der Waals surface area contributed by atoms with Crippen LogP contribution < -0.4 is 0 Å². The highest BCUT2D eigenvalue weighted by atomic mass is 16.6. The zero-order chi connectivity index (χ0) is 14.0. The Morgan fingerprint density at radius 1 is 1.53 bits per heavy atom. The lowest BCUT2D eigenvalue weighted by Gasteiger charge is -2.19. The second-order valence-electron chi connectivity index (χ2n) is 4.97. The van der Waals surface area contributed by atoms with Crippen molar-refractivity contribution < 1.29 is 9.72 Å². The Morgan fingerprint density at radius 2 is 2.26 bits per heavy atom. The zero-order valence-corrected chi connectivity index (χ0v) is 10.7. The highest BCUT2D eigenvalue weighted by molar-refractivity contribution is 5.89. The zero-order valence-electron chi connectivity index (χ0n) is 10.7. The molecule has 1 atom stereocenters. The summed E-state index contributed by atoms with van der Waals surface area (Å²) in [6.07, 6.45) is 1.97. The number of benzene rings is 1. The minimum atomic E-state index is -0.986. The number of Topliss-reactive ketones (excluding diaryl/α,β-unsaturated/α-hetero) is 1. The summed E-state index contributed by atoms with van der Waals surface area (Å²) in [5.74, 6) is -0.0408. The van der Waals surface area contributed by atoms with Crippen molar-refractivity contribution in [1.82, 2.24) is 0 Å². The Morgan fingerprint density at radius 3 is 2.79 bits per heavy atom. The van der Waals surface area contributed by atoms with Crippen LogP contribution >= 0.6 is 0 Å². The predicted molar refractivity (Wildman–Crippen MR) is 68.4 cm³/mol. The lowest BCUT2D eigenvalue weighted by molar-refractivity contribution is -0.385. The van der Waals surface area contributed by atoms with E-state index in [1.54, 1.807) is 19.1 Å². The summed E-state index contributed by atoms with van der Waals surface area (Å²) in [5, 5.41) is 20.2. The molecule has 98 valence electrons. The molecule has 0 N–H and O–H groups in total. The molecule has 0 heterocycles. The molecular weight excluding hydrogens is 244 g/mol. The van der Waals surface area contributed by atoms with Gasteiger partial charge in [0.05, 0.1) is 11.0 Å². The first-order valence-corrected chi connectivity index (χ1v) is 6.17. The third-order valence-corrected chi connectivity index (χ3v) is 3.86. The average molecular weight is 258 g/mol.